The summed E-state index contributed by atoms with van der Waals surface area (Å²) in [5, 5.41) is 23.2. The summed E-state index contributed by atoms with van der Waals surface area (Å²) in [6, 6.07) is 63.7. The molecule has 16 rings (SSSR count). The van der Waals surface area contributed by atoms with Crippen LogP contribution < -0.4 is 68.6 Å². The van der Waals surface area contributed by atoms with Crippen molar-refractivity contribution >= 4 is 225 Å². The number of hydrogen-bond donors (Lipinski definition) is 10. The summed E-state index contributed by atoms with van der Waals surface area (Å²) in [6.07, 6.45) is 3.47. The number of anilines is 11. The molecule has 12 aromatic rings. The van der Waals surface area contributed by atoms with Crippen LogP contribution in [0.1, 0.15) is 83.6 Å². The van der Waals surface area contributed by atoms with E-state index in [1.807, 2.05) is 38.1 Å². The first-order valence-corrected chi connectivity index (χ1v) is 46.6. The van der Waals surface area contributed by atoms with Crippen molar-refractivity contribution in [2.75, 3.05) is 114 Å². The van der Waals surface area contributed by atoms with E-state index in [-0.39, 0.29) is 75.1 Å². The average Bonchev–Trinajstić information content (AvgIpc) is 1.63. The summed E-state index contributed by atoms with van der Waals surface area (Å²) in [6.45, 7) is 6.32. The van der Waals surface area contributed by atoms with Crippen LogP contribution in [0.15, 0.2) is 249 Å². The predicted octanol–water partition coefficient (Wildman–Crippen LogP) is 15.6. The molecule has 0 spiro atoms. The molecule has 660 valence electrons. The molecule has 0 aliphatic carbocycles. The Bertz CT molecular complexity index is 6650. The molecule has 5 heterocycles. The van der Waals surface area contributed by atoms with Gasteiger partial charge in [-0.1, -0.05) is 106 Å². The number of aryl methyl sites for hydroxylation is 2. The smallest absolute Gasteiger partial charge is 0.303 e. The first-order valence-electron chi connectivity index (χ1n) is 38.6. The van der Waals surface area contributed by atoms with E-state index in [0.717, 1.165) is 21.9 Å². The molecule has 31 nitrogen and oxygen atoms in total. The number of likely N-dealkylation sites (N-methyl/N-ethyl adjacent to an activating group) is 1. The van der Waals surface area contributed by atoms with Crippen molar-refractivity contribution in [3.63, 3.8) is 0 Å². The number of rotatable bonds is 18. The summed E-state index contributed by atoms with van der Waals surface area (Å²) in [5.41, 5.74) is 9.06. The van der Waals surface area contributed by atoms with Gasteiger partial charge in [-0.15, -0.1) is 0 Å². The number of benzene rings is 11. The van der Waals surface area contributed by atoms with Crippen molar-refractivity contribution in [1.82, 2.24) is 23.5 Å². The van der Waals surface area contributed by atoms with Crippen LogP contribution in [-0.4, -0.2) is 144 Å². The van der Waals surface area contributed by atoms with Crippen LogP contribution in [0.2, 0.25) is 30.1 Å². The fourth-order valence-corrected chi connectivity index (χ4v) is 19.5. The Morgan fingerprint density at radius 2 is 0.680 bits per heavy atom. The quantitative estimate of drug-likeness (QED) is 0.0381. The maximum atomic E-state index is 12.8. The Balaban J connectivity index is 0.000000146. The van der Waals surface area contributed by atoms with Gasteiger partial charge in [0.15, 0.2) is 0 Å². The molecule has 4 saturated heterocycles. The standard InChI is InChI=1S/C23H20Cl2N4O4S.C23H21ClN4O4S.C22H17Cl3N4O4S.C19H18N4O3S/c1-14-5-6-17(12-21(14)28-22(30)15-3-2-4-16(24)11-15)27-23(31)19-8-7-18(13-20(19)25)29-10-9-26-34(29,32)33;1-15-5-8-19(14-21(15)27-23(30)17-3-2-4-18(24)13-17)26-22(29)16-6-9-20(10-7-16)28-12-11-25-33(28,31)32;23-14-3-1-2-13(10-14)21(30)28-20-11-15(4-7-18(20)24)27-22(31)17-6-5-16(12-19(17)25)29-9-8-26-34(29,32)33;1-22-10-11-23(27(22,25)26)18-6-3-15(4-7-18)19(24)21-17-5-2-14-8-9-20-13-16(14)12-17/h2-8,11-13,26H,9-10H2,1H3,(H,27,31)(H,28,30);2-10,13-14,25H,11-12H2,1H3,(H,26,29)(H,27,30);1-7,10-12,26H,8-9H2,(H,27,31)(H,28,30);2-9,12-13H,10-11H2,1H3,(H,21,24). The summed E-state index contributed by atoms with van der Waals surface area (Å²) in [5.74, 6) is -2.68. The van der Waals surface area contributed by atoms with Gasteiger partial charge in [0.25, 0.3) is 41.4 Å². The SMILES string of the molecule is CN1CCN(c2ccc(C(=O)Nc3ccc4ccncc4c3)cc2)S1(=O)=O.Cc1ccc(NC(=O)c2ccc(N3CCNS3(=O)=O)cc2)cc1NC(=O)c1cccc(Cl)c1.Cc1ccc(NC(=O)c2ccc(N3CCNS3(=O)=O)cc2Cl)cc1NC(=O)c1cccc(Cl)c1.O=C(Nc1cc(NC(=O)c2ccc(N3CCNS3(=O)=O)cc2Cl)ccc1Cl)c1cccc(Cl)c1. The Morgan fingerprint density at radius 1 is 0.320 bits per heavy atom. The number of hydrogen-bond acceptors (Lipinski definition) is 16. The highest BCUT2D eigenvalue weighted by atomic mass is 35.5. The number of aromatic nitrogens is 1. The van der Waals surface area contributed by atoms with Gasteiger partial charge in [0, 0.05) is 154 Å². The van der Waals surface area contributed by atoms with Crippen molar-refractivity contribution in [2.45, 2.75) is 13.8 Å². The topological polar surface area (TPSA) is 405 Å². The molecule has 41 heteroatoms. The normalized spacial score (nSPS) is 15.0. The zero-order chi connectivity index (χ0) is 91.5. The molecule has 10 N–H and O–H groups in total. The third kappa shape index (κ3) is 23.0. The number of nitrogens with zero attached hydrogens (tertiary/aromatic N) is 6. The third-order valence-corrected chi connectivity index (χ3v) is 28.1. The molecule has 7 amide bonds. The minimum atomic E-state index is -3.61. The number of carbonyl (C=O) groups excluding carboxylic acids is 7. The van der Waals surface area contributed by atoms with Crippen molar-refractivity contribution in [2.24, 2.45) is 0 Å². The zero-order valence-corrected chi connectivity index (χ0v) is 75.3. The number of carbonyl (C=O) groups is 7. The Morgan fingerprint density at radius 3 is 1.07 bits per heavy atom. The second-order valence-corrected chi connectivity index (χ2v) is 38.2. The lowest BCUT2D eigenvalue weighted by atomic mass is 10.1. The second-order valence-electron chi connectivity index (χ2n) is 28.6. The number of nitrogens with one attached hydrogen (secondary N) is 10. The highest BCUT2D eigenvalue weighted by molar-refractivity contribution is 7.92. The van der Waals surface area contributed by atoms with Crippen LogP contribution in [0.5, 0.6) is 0 Å². The largest absolute Gasteiger partial charge is 0.322 e. The van der Waals surface area contributed by atoms with Gasteiger partial charge in [-0.05, 0) is 231 Å². The van der Waals surface area contributed by atoms with Crippen LogP contribution in [-0.2, 0) is 40.8 Å². The molecule has 1 aromatic heterocycles. The molecule has 11 aromatic carbocycles. The highest BCUT2D eigenvalue weighted by Crippen LogP contribution is 2.34. The fourth-order valence-electron chi connectivity index (χ4n) is 13.2. The van der Waals surface area contributed by atoms with E-state index in [1.54, 1.807) is 177 Å². The van der Waals surface area contributed by atoms with E-state index in [1.165, 1.54) is 76.1 Å². The maximum Gasteiger partial charge on any atom is 0.303 e. The third-order valence-electron chi connectivity index (χ3n) is 19.9. The van der Waals surface area contributed by atoms with Crippen molar-refractivity contribution < 1.29 is 67.2 Å². The van der Waals surface area contributed by atoms with Gasteiger partial charge in [0.1, 0.15) is 0 Å². The second kappa shape index (κ2) is 40.3. The summed E-state index contributed by atoms with van der Waals surface area (Å²) in [7, 11) is -12.6. The van der Waals surface area contributed by atoms with E-state index in [0.29, 0.717) is 132 Å². The lowest BCUT2D eigenvalue weighted by molar-refractivity contribution is 0.101. The molecule has 128 heavy (non-hydrogen) atoms. The minimum Gasteiger partial charge on any atom is -0.322 e. The number of halogens is 6. The molecule has 4 fully saturated rings. The van der Waals surface area contributed by atoms with Crippen molar-refractivity contribution in [3.05, 3.63) is 329 Å². The molecule has 4 aliphatic heterocycles. The molecular formula is C87H76Cl6N16O15S4. The van der Waals surface area contributed by atoms with Gasteiger partial charge < -0.3 is 37.2 Å². The molecular weight excluding hydrogens is 1850 g/mol. The maximum absolute atomic E-state index is 12.8. The molecule has 0 unspecified atom stereocenters. The van der Waals surface area contributed by atoms with Gasteiger partial charge in [0.2, 0.25) is 0 Å². The van der Waals surface area contributed by atoms with Crippen LogP contribution in [0, 0.1) is 13.8 Å². The van der Waals surface area contributed by atoms with Crippen LogP contribution in [0.4, 0.5) is 62.6 Å². The highest BCUT2D eigenvalue weighted by Gasteiger charge is 2.35. The Kier molecular flexibility index (Phi) is 29.4. The van der Waals surface area contributed by atoms with E-state index in [9.17, 15) is 67.2 Å². The van der Waals surface area contributed by atoms with E-state index >= 15 is 0 Å². The predicted molar refractivity (Wildman–Crippen MR) is 503 cm³/mol. The summed E-state index contributed by atoms with van der Waals surface area (Å²) < 4.78 is 110. The average molecular weight is 1930 g/mol. The van der Waals surface area contributed by atoms with Gasteiger partial charge in [0.05, 0.1) is 54.6 Å². The summed E-state index contributed by atoms with van der Waals surface area (Å²) in [4.78, 5) is 92.6. The van der Waals surface area contributed by atoms with E-state index in [2.05, 4.69) is 56.4 Å². The molecule has 4 aliphatic rings. The molecule has 0 atom stereocenters. The molecule has 0 radical (unpaired) electrons. The first-order chi connectivity index (χ1) is 60.9. The molecule has 0 bridgehead atoms. The van der Waals surface area contributed by atoms with E-state index < -0.39 is 58.6 Å². The van der Waals surface area contributed by atoms with Crippen molar-refractivity contribution in [1.29, 1.82) is 0 Å². The Hall–Kier alpha value is -12.3. The lowest BCUT2D eigenvalue weighted by Crippen LogP contribution is -2.30. The molecule has 0 saturated carbocycles. The van der Waals surface area contributed by atoms with Gasteiger partial charge in [-0.25, -0.2) is 0 Å². The monoisotopic (exact) mass is 1920 g/mol. The number of amides is 7. The van der Waals surface area contributed by atoms with Crippen LogP contribution >= 0.6 is 69.6 Å². The Labute approximate surface area is 766 Å². The zero-order valence-electron chi connectivity index (χ0n) is 67.5. The van der Waals surface area contributed by atoms with Crippen LogP contribution in [0.3, 0.4) is 0 Å². The fraction of sp³-hybridized carbons (Fsp3) is 0.126. The first kappa shape index (κ1) is 93.3. The number of pyridine rings is 1. The summed E-state index contributed by atoms with van der Waals surface area (Å²) >= 11 is 36.6. The van der Waals surface area contributed by atoms with Crippen molar-refractivity contribution in [3.8, 4) is 0 Å². The van der Waals surface area contributed by atoms with Gasteiger partial charge >= 0.3 is 40.8 Å². The minimum absolute atomic E-state index is 0.0838. The lowest BCUT2D eigenvalue weighted by Gasteiger charge is -2.18. The van der Waals surface area contributed by atoms with Crippen LogP contribution in [0.25, 0.3) is 10.8 Å². The van der Waals surface area contributed by atoms with Gasteiger partial charge in [-0.3, -0.25) is 55.8 Å². The van der Waals surface area contributed by atoms with Gasteiger partial charge in [-0.2, -0.15) is 52.1 Å². The number of fused-ring (bicyclic) bond motifs is 1. The van der Waals surface area contributed by atoms with E-state index in [4.69, 9.17) is 69.6 Å².